The van der Waals surface area contributed by atoms with Gasteiger partial charge in [-0.25, -0.2) is 0 Å². The van der Waals surface area contributed by atoms with Crippen molar-refractivity contribution in [2.24, 2.45) is 0 Å². The first-order chi connectivity index (χ1) is 17.6. The minimum atomic E-state index is -0.271. The van der Waals surface area contributed by atoms with Gasteiger partial charge in [-0.3, -0.25) is 9.69 Å². The zero-order valence-electron chi connectivity index (χ0n) is 20.4. The highest BCUT2D eigenvalue weighted by Gasteiger charge is 2.24. The third-order valence-corrected chi connectivity index (χ3v) is 6.38. The first-order valence-electron chi connectivity index (χ1n) is 12.2. The lowest BCUT2D eigenvalue weighted by Gasteiger charge is -2.36. The van der Waals surface area contributed by atoms with Crippen LogP contribution in [0.5, 0.6) is 11.5 Å². The van der Waals surface area contributed by atoms with Crippen LogP contribution in [0.3, 0.4) is 0 Å². The van der Waals surface area contributed by atoms with Crippen molar-refractivity contribution in [1.82, 2.24) is 14.7 Å². The van der Waals surface area contributed by atoms with Gasteiger partial charge in [-0.2, -0.15) is 9.78 Å². The lowest BCUT2D eigenvalue weighted by atomic mass is 10.1. The molecule has 4 aromatic rings. The zero-order chi connectivity index (χ0) is 24.9. The van der Waals surface area contributed by atoms with E-state index in [0.717, 1.165) is 55.1 Å². The van der Waals surface area contributed by atoms with E-state index in [9.17, 15) is 9.90 Å². The summed E-state index contributed by atoms with van der Waals surface area (Å²) in [4.78, 5) is 18.1. The minimum absolute atomic E-state index is 0.271. The van der Waals surface area contributed by atoms with E-state index in [1.165, 1.54) is 4.68 Å². The second kappa shape index (κ2) is 10.7. The highest BCUT2D eigenvalue weighted by Crippen LogP contribution is 2.27. The molecule has 1 aliphatic rings. The maximum absolute atomic E-state index is 13.5. The number of rotatable bonds is 7. The van der Waals surface area contributed by atoms with Crippen molar-refractivity contribution in [2.45, 2.75) is 20.1 Å². The average Bonchev–Trinajstić information content (AvgIpc) is 2.89. The van der Waals surface area contributed by atoms with Gasteiger partial charge in [-0.1, -0.05) is 54.6 Å². The van der Waals surface area contributed by atoms with Crippen molar-refractivity contribution in [3.63, 3.8) is 0 Å². The predicted molar refractivity (Wildman–Crippen MR) is 141 cm³/mol. The molecule has 0 atom stereocenters. The summed E-state index contributed by atoms with van der Waals surface area (Å²) in [5.74, 6) is 0.615. The van der Waals surface area contributed by atoms with Crippen LogP contribution in [0, 0.1) is 6.92 Å². The Morgan fingerprint density at radius 3 is 2.28 bits per heavy atom. The fourth-order valence-electron chi connectivity index (χ4n) is 4.61. The third kappa shape index (κ3) is 5.42. The Morgan fingerprint density at radius 1 is 0.889 bits per heavy atom. The molecule has 0 unspecified atom stereocenters. The molecule has 0 spiro atoms. The Morgan fingerprint density at radius 2 is 1.58 bits per heavy atom. The van der Waals surface area contributed by atoms with Crippen LogP contribution >= 0.6 is 0 Å². The summed E-state index contributed by atoms with van der Waals surface area (Å²) >= 11 is 0. The van der Waals surface area contributed by atoms with Crippen molar-refractivity contribution >= 4 is 5.69 Å². The summed E-state index contributed by atoms with van der Waals surface area (Å²) < 4.78 is 7.55. The standard InChI is InChI=1S/C29H30N4O3/c1-22-16-24(18-26(34)17-22)20-31-12-14-32(15-13-31)27-19-30-33(25-10-6-3-7-11-25)29(35)28(27)36-21-23-8-4-2-5-9-23/h2-11,16-19,34H,12-15,20-21H2,1H3. The van der Waals surface area contributed by atoms with Gasteiger partial charge in [0.1, 0.15) is 18.0 Å². The third-order valence-electron chi connectivity index (χ3n) is 6.38. The number of anilines is 1. The molecule has 5 rings (SSSR count). The van der Waals surface area contributed by atoms with Gasteiger partial charge in [0.2, 0.25) is 5.75 Å². The van der Waals surface area contributed by atoms with Crippen molar-refractivity contribution in [2.75, 3.05) is 31.1 Å². The summed E-state index contributed by atoms with van der Waals surface area (Å²) in [6, 6.07) is 24.9. The number of para-hydroxylation sites is 1. The average molecular weight is 483 g/mol. The second-order valence-corrected chi connectivity index (χ2v) is 9.13. The van der Waals surface area contributed by atoms with E-state index >= 15 is 0 Å². The van der Waals surface area contributed by atoms with Crippen LogP contribution in [0.2, 0.25) is 0 Å². The fraction of sp³-hybridized carbons (Fsp3) is 0.241. The smallest absolute Gasteiger partial charge is 0.316 e. The lowest BCUT2D eigenvalue weighted by Crippen LogP contribution is -2.46. The molecule has 184 valence electrons. The highest BCUT2D eigenvalue weighted by atomic mass is 16.5. The first-order valence-corrected chi connectivity index (χ1v) is 12.2. The molecule has 0 radical (unpaired) electrons. The number of nitrogens with zero attached hydrogens (tertiary/aromatic N) is 4. The van der Waals surface area contributed by atoms with E-state index in [2.05, 4.69) is 21.0 Å². The molecular weight excluding hydrogens is 452 g/mol. The summed E-state index contributed by atoms with van der Waals surface area (Å²) in [6.07, 6.45) is 1.74. The zero-order valence-corrected chi connectivity index (χ0v) is 20.4. The quantitative estimate of drug-likeness (QED) is 0.427. The SMILES string of the molecule is Cc1cc(O)cc(CN2CCN(c3cnn(-c4ccccc4)c(=O)c3OCc3ccccc3)CC2)c1. The minimum Gasteiger partial charge on any atom is -0.508 e. The molecule has 36 heavy (non-hydrogen) atoms. The molecule has 1 aliphatic heterocycles. The molecule has 0 amide bonds. The summed E-state index contributed by atoms with van der Waals surface area (Å²) in [5, 5.41) is 14.4. The van der Waals surface area contributed by atoms with Gasteiger partial charge in [0.15, 0.2) is 0 Å². The molecule has 1 N–H and O–H groups in total. The van der Waals surface area contributed by atoms with Gasteiger partial charge >= 0.3 is 5.56 Å². The molecule has 3 aromatic carbocycles. The molecule has 0 aliphatic carbocycles. The van der Waals surface area contributed by atoms with Crippen molar-refractivity contribution in [1.29, 1.82) is 0 Å². The number of aryl methyl sites for hydroxylation is 1. The van der Waals surface area contributed by atoms with Gasteiger partial charge in [0.05, 0.1) is 11.9 Å². The fourth-order valence-corrected chi connectivity index (χ4v) is 4.61. The molecule has 1 saturated heterocycles. The van der Waals surface area contributed by atoms with Gasteiger partial charge in [-0.15, -0.1) is 0 Å². The van der Waals surface area contributed by atoms with Crippen molar-refractivity contribution < 1.29 is 9.84 Å². The normalized spacial score (nSPS) is 14.1. The number of hydrogen-bond donors (Lipinski definition) is 1. The number of benzene rings is 3. The van der Waals surface area contributed by atoms with Crippen LogP contribution in [-0.4, -0.2) is 46.0 Å². The van der Waals surface area contributed by atoms with Gasteiger partial charge < -0.3 is 14.7 Å². The molecule has 2 heterocycles. The van der Waals surface area contributed by atoms with Gasteiger partial charge in [0, 0.05) is 32.7 Å². The van der Waals surface area contributed by atoms with Crippen LogP contribution < -0.4 is 15.2 Å². The van der Waals surface area contributed by atoms with Gasteiger partial charge in [0.25, 0.3) is 0 Å². The Kier molecular flexibility index (Phi) is 7.00. The van der Waals surface area contributed by atoms with Crippen LogP contribution in [0.1, 0.15) is 16.7 Å². The Hall–Kier alpha value is -4.10. The molecule has 1 aromatic heterocycles. The Labute approximate surface area is 210 Å². The second-order valence-electron chi connectivity index (χ2n) is 9.13. The van der Waals surface area contributed by atoms with E-state index < -0.39 is 0 Å². The van der Waals surface area contributed by atoms with Crippen molar-refractivity contribution in [3.05, 3.63) is 112 Å². The Balaban J connectivity index is 1.37. The van der Waals surface area contributed by atoms with Crippen LogP contribution in [0.15, 0.2) is 89.9 Å². The van der Waals surface area contributed by atoms with E-state index in [4.69, 9.17) is 4.74 Å². The molecule has 7 nitrogen and oxygen atoms in total. The summed E-state index contributed by atoms with van der Waals surface area (Å²) in [7, 11) is 0. The largest absolute Gasteiger partial charge is 0.508 e. The number of phenolic OH excluding ortho intramolecular Hbond substituents is 1. The number of piperazine rings is 1. The topological polar surface area (TPSA) is 70.8 Å². The summed E-state index contributed by atoms with van der Waals surface area (Å²) in [6.45, 7) is 6.21. The van der Waals surface area contributed by atoms with E-state index in [0.29, 0.717) is 23.8 Å². The monoisotopic (exact) mass is 482 g/mol. The number of ether oxygens (including phenoxy) is 1. The van der Waals surface area contributed by atoms with Gasteiger partial charge in [-0.05, 0) is 47.9 Å². The molecule has 0 saturated carbocycles. The number of aromatic nitrogens is 2. The Bertz CT molecular complexity index is 1340. The van der Waals surface area contributed by atoms with Crippen molar-refractivity contribution in [3.8, 4) is 17.2 Å². The van der Waals surface area contributed by atoms with Crippen LogP contribution in [-0.2, 0) is 13.2 Å². The van der Waals surface area contributed by atoms with Crippen LogP contribution in [0.25, 0.3) is 5.69 Å². The number of aromatic hydroxyl groups is 1. The van der Waals surface area contributed by atoms with Crippen LogP contribution in [0.4, 0.5) is 5.69 Å². The number of phenols is 1. The maximum Gasteiger partial charge on any atom is 0.316 e. The molecule has 7 heteroatoms. The number of hydrogen-bond acceptors (Lipinski definition) is 6. The van der Waals surface area contributed by atoms with E-state index in [1.54, 1.807) is 12.3 Å². The highest BCUT2D eigenvalue weighted by molar-refractivity contribution is 5.57. The first kappa shape index (κ1) is 23.6. The molecule has 1 fully saturated rings. The lowest BCUT2D eigenvalue weighted by molar-refractivity contribution is 0.247. The van der Waals surface area contributed by atoms with E-state index in [-0.39, 0.29) is 5.56 Å². The summed E-state index contributed by atoms with van der Waals surface area (Å²) in [5.41, 5.74) is 4.29. The molecule has 0 bridgehead atoms. The predicted octanol–water partition coefficient (Wildman–Crippen LogP) is 4.15. The maximum atomic E-state index is 13.5. The molecular formula is C29H30N4O3. The van der Waals surface area contributed by atoms with E-state index in [1.807, 2.05) is 73.7 Å².